The maximum atomic E-state index is 6.06. The highest BCUT2D eigenvalue weighted by Gasteiger charge is 2.38. The minimum absolute atomic E-state index is 0.152. The van der Waals surface area contributed by atoms with E-state index in [-0.39, 0.29) is 11.1 Å². The number of hydrogen-bond donors (Lipinski definition) is 0. The summed E-state index contributed by atoms with van der Waals surface area (Å²) >= 11 is 0. The second-order valence-electron chi connectivity index (χ2n) is 4.82. The van der Waals surface area contributed by atoms with E-state index in [9.17, 15) is 0 Å². The van der Waals surface area contributed by atoms with Crippen LogP contribution >= 0.6 is 0 Å². The van der Waals surface area contributed by atoms with Crippen molar-refractivity contribution in [3.05, 3.63) is 0 Å². The first-order valence-electron chi connectivity index (χ1n) is 6.46. The van der Waals surface area contributed by atoms with Gasteiger partial charge in [0.25, 0.3) is 0 Å². The van der Waals surface area contributed by atoms with Crippen molar-refractivity contribution in [2.24, 2.45) is 5.41 Å². The van der Waals surface area contributed by atoms with E-state index in [1.54, 1.807) is 14.2 Å². The van der Waals surface area contributed by atoms with Gasteiger partial charge in [-0.25, -0.2) is 0 Å². The third-order valence-electron chi connectivity index (χ3n) is 3.51. The van der Waals surface area contributed by atoms with Crippen molar-refractivity contribution in [1.29, 1.82) is 0 Å². The van der Waals surface area contributed by atoms with Crippen LogP contribution in [0, 0.1) is 5.41 Å². The van der Waals surface area contributed by atoms with Crippen LogP contribution < -0.4 is 0 Å². The van der Waals surface area contributed by atoms with Crippen molar-refractivity contribution in [2.75, 3.05) is 34.0 Å². The van der Waals surface area contributed by atoms with Crippen LogP contribution in [0.15, 0.2) is 0 Å². The van der Waals surface area contributed by atoms with Crippen LogP contribution in [0.25, 0.3) is 0 Å². The molecular formula is C12H26O4Si. The summed E-state index contributed by atoms with van der Waals surface area (Å²) in [6, 6.07) is 0. The molecule has 0 spiro atoms. The van der Waals surface area contributed by atoms with E-state index in [1.165, 1.54) is 0 Å². The highest BCUT2D eigenvalue weighted by Crippen LogP contribution is 2.32. The molecule has 0 aliphatic carbocycles. The van der Waals surface area contributed by atoms with Gasteiger partial charge in [0.15, 0.2) is 0 Å². The second-order valence-corrected chi connectivity index (χ2v) is 7.25. The van der Waals surface area contributed by atoms with E-state index < -0.39 is 9.28 Å². The predicted octanol–water partition coefficient (Wildman–Crippen LogP) is 1.65. The van der Waals surface area contributed by atoms with Crippen molar-refractivity contribution in [1.82, 2.24) is 0 Å². The molecule has 0 N–H and O–H groups in total. The molecule has 1 unspecified atom stereocenters. The lowest BCUT2D eigenvalue weighted by Gasteiger charge is -2.41. The van der Waals surface area contributed by atoms with Crippen LogP contribution in [0.1, 0.15) is 33.1 Å². The Balaban J connectivity index is 2.42. The van der Waals surface area contributed by atoms with Gasteiger partial charge in [0, 0.05) is 19.6 Å². The minimum Gasteiger partial charge on any atom is -0.398 e. The van der Waals surface area contributed by atoms with Gasteiger partial charge >= 0.3 is 9.28 Å². The van der Waals surface area contributed by atoms with Gasteiger partial charge in [0.2, 0.25) is 0 Å². The summed E-state index contributed by atoms with van der Waals surface area (Å²) in [6.07, 6.45) is 3.22. The molecule has 1 fully saturated rings. The van der Waals surface area contributed by atoms with Gasteiger partial charge < -0.3 is 18.3 Å². The standard InChI is InChI=1S/C12H26O4Si/c1-5-7-11(17(13-3)14-4)16-10-12(6-2)8-15-9-12/h11,17H,5-10H2,1-4H3. The van der Waals surface area contributed by atoms with Gasteiger partial charge in [-0.2, -0.15) is 0 Å². The summed E-state index contributed by atoms with van der Waals surface area (Å²) < 4.78 is 22.2. The molecule has 0 saturated carbocycles. The monoisotopic (exact) mass is 262 g/mol. The molecule has 1 atom stereocenters. The van der Waals surface area contributed by atoms with Crippen molar-refractivity contribution in [3.8, 4) is 0 Å². The lowest BCUT2D eigenvalue weighted by molar-refractivity contribution is -0.156. The van der Waals surface area contributed by atoms with Crippen LogP contribution in [0.2, 0.25) is 0 Å². The Hall–Kier alpha value is 0.0569. The van der Waals surface area contributed by atoms with E-state index >= 15 is 0 Å². The first-order valence-corrected chi connectivity index (χ1v) is 8.07. The molecule has 4 nitrogen and oxygen atoms in total. The Labute approximate surface area is 106 Å². The minimum atomic E-state index is -1.68. The zero-order valence-corrected chi connectivity index (χ0v) is 12.7. The lowest BCUT2D eigenvalue weighted by atomic mass is 9.84. The van der Waals surface area contributed by atoms with E-state index in [2.05, 4.69) is 13.8 Å². The molecule has 1 aliphatic heterocycles. The zero-order chi connectivity index (χ0) is 12.7. The van der Waals surface area contributed by atoms with Gasteiger partial charge in [0.1, 0.15) is 0 Å². The molecule has 102 valence electrons. The average molecular weight is 262 g/mol. The summed E-state index contributed by atoms with van der Waals surface area (Å²) in [5.41, 5.74) is 0.394. The highest BCUT2D eigenvalue weighted by molar-refractivity contribution is 6.45. The second kappa shape index (κ2) is 7.48. The van der Waals surface area contributed by atoms with E-state index in [4.69, 9.17) is 18.3 Å². The van der Waals surface area contributed by atoms with E-state index in [0.29, 0.717) is 0 Å². The smallest absolute Gasteiger partial charge is 0.350 e. The molecule has 0 bridgehead atoms. The number of ether oxygens (including phenoxy) is 2. The largest absolute Gasteiger partial charge is 0.398 e. The predicted molar refractivity (Wildman–Crippen MR) is 69.4 cm³/mol. The maximum absolute atomic E-state index is 6.06. The SMILES string of the molecule is CCCC(OCC1(CC)COC1)[SiH](OC)OC. The molecule has 0 radical (unpaired) electrons. The van der Waals surface area contributed by atoms with Gasteiger partial charge in [-0.1, -0.05) is 20.3 Å². The third-order valence-corrected chi connectivity index (χ3v) is 5.57. The molecule has 0 aromatic heterocycles. The summed E-state index contributed by atoms with van der Waals surface area (Å²) in [5.74, 6) is 0. The summed E-state index contributed by atoms with van der Waals surface area (Å²) in [5, 5.41) is 0. The first-order chi connectivity index (χ1) is 8.21. The molecular weight excluding hydrogens is 236 g/mol. The number of hydrogen-bond acceptors (Lipinski definition) is 4. The zero-order valence-electron chi connectivity index (χ0n) is 11.5. The fourth-order valence-corrected chi connectivity index (χ4v) is 3.70. The molecule has 0 amide bonds. The summed E-state index contributed by atoms with van der Waals surface area (Å²) in [7, 11) is 1.76. The summed E-state index contributed by atoms with van der Waals surface area (Å²) in [6.45, 7) is 6.78. The Kier molecular flexibility index (Phi) is 6.65. The van der Waals surface area contributed by atoms with Crippen LogP contribution in [0.5, 0.6) is 0 Å². The van der Waals surface area contributed by atoms with Crippen molar-refractivity contribution in [3.63, 3.8) is 0 Å². The Bertz CT molecular complexity index is 199. The fraction of sp³-hybridized carbons (Fsp3) is 1.00. The van der Waals surface area contributed by atoms with E-state index in [0.717, 1.165) is 39.1 Å². The lowest BCUT2D eigenvalue weighted by Crippen LogP contribution is -2.48. The fourth-order valence-electron chi connectivity index (χ4n) is 2.05. The third kappa shape index (κ3) is 4.03. The maximum Gasteiger partial charge on any atom is 0.350 e. The van der Waals surface area contributed by atoms with Crippen LogP contribution in [0.3, 0.4) is 0 Å². The molecule has 0 aromatic carbocycles. The Morgan fingerprint density at radius 2 is 1.88 bits per heavy atom. The van der Waals surface area contributed by atoms with Gasteiger partial charge in [-0.15, -0.1) is 0 Å². The van der Waals surface area contributed by atoms with Crippen molar-refractivity contribution >= 4 is 9.28 Å². The highest BCUT2D eigenvalue weighted by atomic mass is 28.3. The van der Waals surface area contributed by atoms with Crippen LogP contribution in [-0.2, 0) is 18.3 Å². The van der Waals surface area contributed by atoms with Crippen LogP contribution in [0.4, 0.5) is 0 Å². The van der Waals surface area contributed by atoms with Crippen molar-refractivity contribution < 1.29 is 18.3 Å². The molecule has 5 heteroatoms. The quantitative estimate of drug-likeness (QED) is 0.592. The average Bonchev–Trinajstić information content (AvgIpc) is 2.29. The molecule has 0 aromatic rings. The Morgan fingerprint density at radius 3 is 2.24 bits per heavy atom. The molecule has 1 rings (SSSR count). The Morgan fingerprint density at radius 1 is 1.24 bits per heavy atom. The van der Waals surface area contributed by atoms with Gasteiger partial charge in [0.05, 0.1) is 25.5 Å². The van der Waals surface area contributed by atoms with Gasteiger partial charge in [-0.3, -0.25) is 0 Å². The molecule has 1 saturated heterocycles. The van der Waals surface area contributed by atoms with Gasteiger partial charge in [-0.05, 0) is 12.8 Å². The van der Waals surface area contributed by atoms with Crippen molar-refractivity contribution in [2.45, 2.75) is 38.8 Å². The molecule has 1 aliphatic rings. The molecule has 17 heavy (non-hydrogen) atoms. The summed E-state index contributed by atoms with van der Waals surface area (Å²) in [4.78, 5) is 0. The molecule has 1 heterocycles. The number of rotatable bonds is 9. The van der Waals surface area contributed by atoms with Crippen LogP contribution in [-0.4, -0.2) is 49.1 Å². The first kappa shape index (κ1) is 15.1. The normalized spacial score (nSPS) is 20.3. The van der Waals surface area contributed by atoms with E-state index in [1.807, 2.05) is 0 Å². The topological polar surface area (TPSA) is 36.9 Å².